The molecule has 0 saturated carbocycles. The van der Waals surface area contributed by atoms with E-state index in [1.807, 2.05) is 16.3 Å². The molecule has 2 aromatic heterocycles. The molecule has 1 aliphatic rings. The Labute approximate surface area is 183 Å². The van der Waals surface area contributed by atoms with Gasteiger partial charge in [0, 0.05) is 23.7 Å². The van der Waals surface area contributed by atoms with Crippen molar-refractivity contribution in [3.8, 4) is 11.3 Å². The molecule has 0 bridgehead atoms. The van der Waals surface area contributed by atoms with Gasteiger partial charge in [0.2, 0.25) is 11.8 Å². The van der Waals surface area contributed by atoms with Crippen LogP contribution in [-0.2, 0) is 9.59 Å². The molecule has 1 fully saturated rings. The van der Waals surface area contributed by atoms with Crippen LogP contribution in [0, 0.1) is 11.7 Å². The van der Waals surface area contributed by atoms with Crippen LogP contribution in [0.4, 0.5) is 15.3 Å². The van der Waals surface area contributed by atoms with E-state index in [9.17, 15) is 14.0 Å². The summed E-state index contributed by atoms with van der Waals surface area (Å²) in [6.07, 6.45) is 3.26. The van der Waals surface area contributed by atoms with Crippen molar-refractivity contribution in [3.05, 3.63) is 59.9 Å². The number of thiazole rings is 1. The summed E-state index contributed by atoms with van der Waals surface area (Å²) in [5, 5.41) is 7.97. The zero-order chi connectivity index (χ0) is 21.6. The van der Waals surface area contributed by atoms with Gasteiger partial charge >= 0.3 is 0 Å². The number of rotatable bonds is 6. The third-order valence-electron chi connectivity index (χ3n) is 5.05. The predicted octanol–water partition coefficient (Wildman–Crippen LogP) is 3.63. The molecular formula is C22H22FN5O2S. The molecule has 160 valence electrons. The number of anilines is 2. The number of piperidine rings is 1. The van der Waals surface area contributed by atoms with Crippen molar-refractivity contribution in [1.82, 2.24) is 14.9 Å². The Hall–Kier alpha value is -3.17. The van der Waals surface area contributed by atoms with Gasteiger partial charge in [-0.15, -0.1) is 11.3 Å². The highest BCUT2D eigenvalue weighted by atomic mass is 32.1. The number of nitrogens with one attached hydrogen (secondary N) is 2. The molecule has 2 N–H and O–H groups in total. The zero-order valence-corrected chi connectivity index (χ0v) is 17.6. The van der Waals surface area contributed by atoms with E-state index in [-0.39, 0.29) is 30.1 Å². The molecule has 0 aliphatic carbocycles. The Kier molecular flexibility index (Phi) is 6.63. The number of pyridine rings is 1. The first-order chi connectivity index (χ1) is 15.1. The Morgan fingerprint density at radius 2 is 2.00 bits per heavy atom. The first-order valence-electron chi connectivity index (χ1n) is 10.0. The number of aromatic nitrogens is 2. The number of nitrogens with zero attached hydrogens (tertiary/aromatic N) is 3. The van der Waals surface area contributed by atoms with Crippen LogP contribution >= 0.6 is 11.3 Å². The number of likely N-dealkylation sites (tertiary alicyclic amines) is 1. The van der Waals surface area contributed by atoms with Gasteiger partial charge < -0.3 is 10.6 Å². The SMILES string of the molecule is O=C(CN1CCC[C@@H](C(=O)Nc2ccccn2)C1)Nc1nc(-c2ccc(F)cc2)cs1. The minimum Gasteiger partial charge on any atom is -0.310 e. The van der Waals surface area contributed by atoms with Gasteiger partial charge in [-0.05, 0) is 55.8 Å². The van der Waals surface area contributed by atoms with Gasteiger partial charge in [-0.3, -0.25) is 14.5 Å². The van der Waals surface area contributed by atoms with Gasteiger partial charge in [-0.1, -0.05) is 6.07 Å². The molecule has 0 spiro atoms. The topological polar surface area (TPSA) is 87.2 Å². The molecule has 1 atom stereocenters. The highest BCUT2D eigenvalue weighted by molar-refractivity contribution is 7.14. The van der Waals surface area contributed by atoms with Crippen molar-refractivity contribution in [2.75, 3.05) is 30.3 Å². The fourth-order valence-corrected chi connectivity index (χ4v) is 4.26. The molecule has 3 heterocycles. The number of hydrogen-bond acceptors (Lipinski definition) is 6. The third-order valence-corrected chi connectivity index (χ3v) is 5.81. The van der Waals surface area contributed by atoms with Gasteiger partial charge in [0.15, 0.2) is 5.13 Å². The van der Waals surface area contributed by atoms with Crippen LogP contribution in [0.3, 0.4) is 0 Å². The second-order valence-electron chi connectivity index (χ2n) is 7.37. The normalized spacial score (nSPS) is 16.6. The Morgan fingerprint density at radius 1 is 1.16 bits per heavy atom. The maximum absolute atomic E-state index is 13.1. The lowest BCUT2D eigenvalue weighted by Gasteiger charge is -2.31. The molecule has 1 aliphatic heterocycles. The van der Waals surface area contributed by atoms with E-state index in [0.29, 0.717) is 23.2 Å². The standard InChI is InChI=1S/C22H22FN5O2S/c23-17-8-6-15(7-9-17)18-14-31-22(25-18)27-20(29)13-28-11-3-4-16(12-28)21(30)26-19-5-1-2-10-24-19/h1-2,5-10,14,16H,3-4,11-13H2,(H,24,26,30)(H,25,27,29)/t16-/m1/s1. The summed E-state index contributed by atoms with van der Waals surface area (Å²) in [4.78, 5) is 35.5. The molecule has 31 heavy (non-hydrogen) atoms. The monoisotopic (exact) mass is 439 g/mol. The number of benzene rings is 1. The number of hydrogen-bond donors (Lipinski definition) is 2. The minimum atomic E-state index is -0.305. The van der Waals surface area contributed by atoms with Crippen LogP contribution in [-0.4, -0.2) is 46.3 Å². The van der Waals surface area contributed by atoms with Crippen LogP contribution in [0.2, 0.25) is 0 Å². The number of halogens is 1. The predicted molar refractivity (Wildman–Crippen MR) is 118 cm³/mol. The number of carbonyl (C=O) groups is 2. The average Bonchev–Trinajstić information content (AvgIpc) is 3.23. The van der Waals surface area contributed by atoms with E-state index < -0.39 is 0 Å². The fourth-order valence-electron chi connectivity index (χ4n) is 3.52. The van der Waals surface area contributed by atoms with E-state index in [2.05, 4.69) is 20.6 Å². The van der Waals surface area contributed by atoms with E-state index in [1.54, 1.807) is 30.5 Å². The van der Waals surface area contributed by atoms with Crippen molar-refractivity contribution in [2.45, 2.75) is 12.8 Å². The molecule has 0 radical (unpaired) electrons. The summed E-state index contributed by atoms with van der Waals surface area (Å²) in [6, 6.07) is 11.4. The van der Waals surface area contributed by atoms with Crippen LogP contribution < -0.4 is 10.6 Å². The van der Waals surface area contributed by atoms with Crippen LogP contribution in [0.25, 0.3) is 11.3 Å². The Bertz CT molecular complexity index is 1040. The molecule has 1 saturated heterocycles. The second-order valence-corrected chi connectivity index (χ2v) is 8.23. The van der Waals surface area contributed by atoms with Gasteiger partial charge in [0.1, 0.15) is 11.6 Å². The molecule has 1 aromatic carbocycles. The highest BCUT2D eigenvalue weighted by Gasteiger charge is 2.27. The van der Waals surface area contributed by atoms with E-state index in [1.165, 1.54) is 23.5 Å². The van der Waals surface area contributed by atoms with E-state index in [4.69, 9.17) is 0 Å². The highest BCUT2D eigenvalue weighted by Crippen LogP contribution is 2.25. The molecule has 7 nitrogen and oxygen atoms in total. The molecular weight excluding hydrogens is 417 g/mol. The second kappa shape index (κ2) is 9.76. The summed E-state index contributed by atoms with van der Waals surface area (Å²) < 4.78 is 13.1. The summed E-state index contributed by atoms with van der Waals surface area (Å²) >= 11 is 1.32. The maximum atomic E-state index is 13.1. The summed E-state index contributed by atoms with van der Waals surface area (Å²) in [5.74, 6) is -0.212. The summed E-state index contributed by atoms with van der Waals surface area (Å²) in [5.41, 5.74) is 1.47. The molecule has 4 rings (SSSR count). The summed E-state index contributed by atoms with van der Waals surface area (Å²) in [6.45, 7) is 1.48. The minimum absolute atomic E-state index is 0.0762. The van der Waals surface area contributed by atoms with E-state index in [0.717, 1.165) is 24.9 Å². The van der Waals surface area contributed by atoms with Crippen molar-refractivity contribution in [2.24, 2.45) is 5.92 Å². The van der Waals surface area contributed by atoms with Crippen LogP contribution in [0.1, 0.15) is 12.8 Å². The lowest BCUT2D eigenvalue weighted by molar-refractivity contribution is -0.123. The Morgan fingerprint density at radius 3 is 2.77 bits per heavy atom. The number of carbonyl (C=O) groups excluding carboxylic acids is 2. The van der Waals surface area contributed by atoms with Crippen molar-refractivity contribution < 1.29 is 14.0 Å². The van der Waals surface area contributed by atoms with Crippen LogP contribution in [0.5, 0.6) is 0 Å². The summed E-state index contributed by atoms with van der Waals surface area (Å²) in [7, 11) is 0. The molecule has 9 heteroatoms. The quantitative estimate of drug-likeness (QED) is 0.612. The zero-order valence-electron chi connectivity index (χ0n) is 16.8. The smallest absolute Gasteiger partial charge is 0.240 e. The van der Waals surface area contributed by atoms with Crippen molar-refractivity contribution in [1.29, 1.82) is 0 Å². The van der Waals surface area contributed by atoms with Gasteiger partial charge in [0.25, 0.3) is 0 Å². The maximum Gasteiger partial charge on any atom is 0.240 e. The first kappa shape index (κ1) is 21.1. The van der Waals surface area contributed by atoms with Crippen molar-refractivity contribution >= 4 is 34.1 Å². The van der Waals surface area contributed by atoms with Gasteiger partial charge in [-0.2, -0.15) is 0 Å². The molecule has 0 unspecified atom stereocenters. The largest absolute Gasteiger partial charge is 0.310 e. The van der Waals surface area contributed by atoms with Gasteiger partial charge in [-0.25, -0.2) is 14.4 Å². The third kappa shape index (κ3) is 5.71. The molecule has 2 amide bonds. The van der Waals surface area contributed by atoms with Crippen molar-refractivity contribution in [3.63, 3.8) is 0 Å². The molecule has 3 aromatic rings. The average molecular weight is 440 g/mol. The lowest BCUT2D eigenvalue weighted by Crippen LogP contribution is -2.44. The fraction of sp³-hybridized carbons (Fsp3) is 0.273. The van der Waals surface area contributed by atoms with Gasteiger partial charge in [0.05, 0.1) is 18.2 Å². The lowest BCUT2D eigenvalue weighted by atomic mass is 9.97. The first-order valence-corrected chi connectivity index (χ1v) is 10.9. The number of amides is 2. The Balaban J connectivity index is 1.29. The van der Waals surface area contributed by atoms with Crippen LogP contribution in [0.15, 0.2) is 54.0 Å². The van der Waals surface area contributed by atoms with E-state index >= 15 is 0 Å².